The molecule has 10 heteroatoms. The van der Waals surface area contributed by atoms with Crippen LogP contribution in [0.5, 0.6) is 11.5 Å². The molecule has 0 radical (unpaired) electrons. The normalized spacial score (nSPS) is 16.0. The number of thioether (sulfide) groups is 1. The number of carbonyl (C=O) groups is 1. The first kappa shape index (κ1) is 27.0. The number of aromatic nitrogens is 2. The van der Waals surface area contributed by atoms with Crippen molar-refractivity contribution in [1.29, 1.82) is 0 Å². The molecule has 1 fully saturated rings. The maximum absolute atomic E-state index is 13.8. The highest BCUT2D eigenvalue weighted by molar-refractivity contribution is 8.26. The fourth-order valence-corrected chi connectivity index (χ4v) is 6.53. The highest BCUT2D eigenvalue weighted by atomic mass is 32.2. The van der Waals surface area contributed by atoms with Crippen LogP contribution in [0.25, 0.3) is 11.7 Å². The van der Waals surface area contributed by atoms with Crippen molar-refractivity contribution in [1.82, 2.24) is 14.3 Å². The van der Waals surface area contributed by atoms with E-state index in [9.17, 15) is 9.59 Å². The number of ether oxygens (including phenoxy) is 2. The summed E-state index contributed by atoms with van der Waals surface area (Å²) < 4.78 is 12.7. The highest BCUT2D eigenvalue weighted by Gasteiger charge is 2.33. The van der Waals surface area contributed by atoms with Crippen LogP contribution < -0.4 is 19.9 Å². The van der Waals surface area contributed by atoms with E-state index in [4.69, 9.17) is 26.7 Å². The number of benzene rings is 2. The lowest BCUT2D eigenvalue weighted by Gasteiger charge is -2.30. The van der Waals surface area contributed by atoms with Crippen LogP contribution in [-0.2, 0) is 24.2 Å². The van der Waals surface area contributed by atoms with E-state index < -0.39 is 0 Å². The molecule has 0 aliphatic carbocycles. The van der Waals surface area contributed by atoms with Crippen molar-refractivity contribution in [3.05, 3.63) is 104 Å². The SMILES string of the molecule is COc1ccc(CCN2C(=O)/C(=C/c3c(N4CCc5ccccc5C4)nc4ccccn4c3=O)SC2=S)cc1OC. The standard InChI is InChI=1S/C31H28N4O4S2/c1-38-24-11-10-20(17-25(24)39-2)12-16-35-30(37)26(41-31(35)40)18-23-28(32-27-9-5-6-14-34(27)29(23)36)33-15-13-21-7-3-4-8-22(21)19-33/h3-11,14,17-18H,12-13,15-16,19H2,1-2H3/b26-18-. The van der Waals surface area contributed by atoms with Crippen molar-refractivity contribution >= 4 is 51.7 Å². The Morgan fingerprint density at radius 3 is 2.59 bits per heavy atom. The number of rotatable bonds is 7. The lowest BCUT2D eigenvalue weighted by atomic mass is 9.99. The van der Waals surface area contributed by atoms with Crippen molar-refractivity contribution in [3.8, 4) is 11.5 Å². The summed E-state index contributed by atoms with van der Waals surface area (Å²) in [5.41, 5.74) is 4.23. The number of thiocarbonyl (C=S) groups is 1. The third-order valence-electron chi connectivity index (χ3n) is 7.40. The van der Waals surface area contributed by atoms with Crippen molar-refractivity contribution in [3.63, 3.8) is 0 Å². The predicted molar refractivity (Wildman–Crippen MR) is 166 cm³/mol. The van der Waals surface area contributed by atoms with Crippen LogP contribution in [0.2, 0.25) is 0 Å². The minimum atomic E-state index is -0.222. The molecule has 2 aliphatic heterocycles. The molecule has 2 aliphatic rings. The molecular formula is C31H28N4O4S2. The Morgan fingerprint density at radius 1 is 1.00 bits per heavy atom. The van der Waals surface area contributed by atoms with Gasteiger partial charge in [0.15, 0.2) is 11.5 Å². The summed E-state index contributed by atoms with van der Waals surface area (Å²) in [7, 11) is 3.19. The molecule has 2 aromatic heterocycles. The zero-order valence-corrected chi connectivity index (χ0v) is 24.3. The Morgan fingerprint density at radius 2 is 1.78 bits per heavy atom. The summed E-state index contributed by atoms with van der Waals surface area (Å²) >= 11 is 6.81. The molecule has 8 nitrogen and oxygen atoms in total. The van der Waals surface area contributed by atoms with E-state index in [-0.39, 0.29) is 11.5 Å². The molecule has 4 aromatic rings. The first-order chi connectivity index (χ1) is 20.0. The van der Waals surface area contributed by atoms with E-state index in [0.717, 1.165) is 18.5 Å². The van der Waals surface area contributed by atoms with Gasteiger partial charge in [0.1, 0.15) is 15.8 Å². The van der Waals surface area contributed by atoms with E-state index >= 15 is 0 Å². The molecule has 1 amide bonds. The number of fused-ring (bicyclic) bond motifs is 2. The molecule has 208 valence electrons. The largest absolute Gasteiger partial charge is 0.493 e. The monoisotopic (exact) mass is 584 g/mol. The quantitative estimate of drug-likeness (QED) is 0.228. The van der Waals surface area contributed by atoms with Gasteiger partial charge < -0.3 is 14.4 Å². The molecule has 0 spiro atoms. The Kier molecular flexibility index (Phi) is 7.51. The van der Waals surface area contributed by atoms with Gasteiger partial charge in [0.2, 0.25) is 0 Å². The van der Waals surface area contributed by atoms with Gasteiger partial charge in [-0.05, 0) is 59.9 Å². The summed E-state index contributed by atoms with van der Waals surface area (Å²) in [6, 6.07) is 19.5. The van der Waals surface area contributed by atoms with Gasteiger partial charge in [-0.25, -0.2) is 4.98 Å². The van der Waals surface area contributed by atoms with Crippen LogP contribution in [0.4, 0.5) is 5.82 Å². The van der Waals surface area contributed by atoms with Crippen LogP contribution in [0.3, 0.4) is 0 Å². The lowest BCUT2D eigenvalue weighted by Crippen LogP contribution is -2.34. The smallest absolute Gasteiger partial charge is 0.267 e. The molecule has 2 aromatic carbocycles. The second-order valence-electron chi connectivity index (χ2n) is 9.80. The third-order valence-corrected chi connectivity index (χ3v) is 8.78. The van der Waals surface area contributed by atoms with Crippen molar-refractivity contribution in [2.75, 3.05) is 32.2 Å². The maximum atomic E-state index is 13.8. The van der Waals surface area contributed by atoms with Crippen LogP contribution in [0, 0.1) is 0 Å². The number of pyridine rings is 1. The molecule has 41 heavy (non-hydrogen) atoms. The molecular weight excluding hydrogens is 556 g/mol. The summed E-state index contributed by atoms with van der Waals surface area (Å²) in [6.07, 6.45) is 4.80. The summed E-state index contributed by atoms with van der Waals surface area (Å²) in [5.74, 6) is 1.64. The number of nitrogens with zero attached hydrogens (tertiary/aromatic N) is 4. The van der Waals surface area contributed by atoms with Gasteiger partial charge in [-0.15, -0.1) is 0 Å². The van der Waals surface area contributed by atoms with Crippen LogP contribution >= 0.6 is 24.0 Å². The van der Waals surface area contributed by atoms with Gasteiger partial charge in [-0.1, -0.05) is 60.4 Å². The minimum absolute atomic E-state index is 0.215. The van der Waals surface area contributed by atoms with Gasteiger partial charge in [0.05, 0.1) is 24.7 Å². The maximum Gasteiger partial charge on any atom is 0.267 e. The average molecular weight is 585 g/mol. The average Bonchev–Trinajstić information content (AvgIpc) is 3.28. The first-order valence-electron chi connectivity index (χ1n) is 13.3. The zero-order chi connectivity index (χ0) is 28.5. The number of carbonyl (C=O) groups excluding carboxylic acids is 1. The Balaban J connectivity index is 1.32. The zero-order valence-electron chi connectivity index (χ0n) is 22.7. The third kappa shape index (κ3) is 5.20. The van der Waals surface area contributed by atoms with E-state index in [1.165, 1.54) is 27.3 Å². The van der Waals surface area contributed by atoms with Crippen LogP contribution in [0.15, 0.2) is 76.6 Å². The predicted octanol–water partition coefficient (Wildman–Crippen LogP) is 4.72. The molecule has 0 unspecified atom stereocenters. The second-order valence-corrected chi connectivity index (χ2v) is 11.5. The molecule has 4 heterocycles. The number of anilines is 1. The van der Waals surface area contributed by atoms with Gasteiger partial charge in [-0.3, -0.25) is 18.9 Å². The molecule has 6 rings (SSSR count). The topological polar surface area (TPSA) is 76.4 Å². The molecule has 1 saturated heterocycles. The summed E-state index contributed by atoms with van der Waals surface area (Å²) in [5, 5.41) is 0. The van der Waals surface area contributed by atoms with E-state index in [1.807, 2.05) is 42.5 Å². The fraction of sp³-hybridized carbons (Fsp3) is 0.226. The second kappa shape index (κ2) is 11.4. The van der Waals surface area contributed by atoms with Crippen LogP contribution in [0.1, 0.15) is 22.3 Å². The van der Waals surface area contributed by atoms with Crippen molar-refractivity contribution < 1.29 is 14.3 Å². The summed E-state index contributed by atoms with van der Waals surface area (Å²) in [6.45, 7) is 1.76. The van der Waals surface area contributed by atoms with Crippen molar-refractivity contribution in [2.45, 2.75) is 19.4 Å². The molecule has 0 bridgehead atoms. The van der Waals surface area contributed by atoms with E-state index in [1.54, 1.807) is 37.5 Å². The summed E-state index contributed by atoms with van der Waals surface area (Å²) in [4.78, 5) is 36.4. The fourth-order valence-electron chi connectivity index (χ4n) is 5.24. The highest BCUT2D eigenvalue weighted by Crippen LogP contribution is 2.35. The number of hydrogen-bond acceptors (Lipinski definition) is 8. The molecule has 0 N–H and O–H groups in total. The Labute approximate surface area is 247 Å². The number of amides is 1. The first-order valence-corrected chi connectivity index (χ1v) is 14.5. The van der Waals surface area contributed by atoms with Gasteiger partial charge in [-0.2, -0.15) is 0 Å². The number of hydrogen-bond donors (Lipinski definition) is 0. The van der Waals surface area contributed by atoms with Gasteiger partial charge >= 0.3 is 0 Å². The van der Waals surface area contributed by atoms with E-state index in [0.29, 0.717) is 57.3 Å². The number of methoxy groups -OCH3 is 2. The lowest BCUT2D eigenvalue weighted by molar-refractivity contribution is -0.122. The van der Waals surface area contributed by atoms with E-state index in [2.05, 4.69) is 17.0 Å². The van der Waals surface area contributed by atoms with Gasteiger partial charge in [0.25, 0.3) is 11.5 Å². The molecule has 0 atom stereocenters. The Bertz CT molecular complexity index is 1770. The Hall–Kier alpha value is -4.15. The minimum Gasteiger partial charge on any atom is -0.493 e. The molecule has 0 saturated carbocycles. The van der Waals surface area contributed by atoms with Crippen molar-refractivity contribution in [2.24, 2.45) is 0 Å². The van der Waals surface area contributed by atoms with Gasteiger partial charge in [0, 0.05) is 25.8 Å². The van der Waals surface area contributed by atoms with Crippen LogP contribution in [-0.4, -0.2) is 51.8 Å².